The largest absolute Gasteiger partial charge is 0.495 e. The van der Waals surface area contributed by atoms with Crippen LogP contribution in [-0.4, -0.2) is 19.7 Å². The van der Waals surface area contributed by atoms with E-state index in [1.54, 1.807) is 6.07 Å². The highest BCUT2D eigenvalue weighted by Crippen LogP contribution is 2.35. The van der Waals surface area contributed by atoms with Crippen molar-refractivity contribution in [3.8, 4) is 11.8 Å². The van der Waals surface area contributed by atoms with Crippen LogP contribution < -0.4 is 4.74 Å². The first-order chi connectivity index (χ1) is 8.85. The molecule has 0 spiro atoms. The van der Waals surface area contributed by atoms with E-state index in [9.17, 15) is 18.0 Å². The van der Waals surface area contributed by atoms with E-state index in [0.29, 0.717) is 12.1 Å². The summed E-state index contributed by atoms with van der Waals surface area (Å²) >= 11 is 0. The van der Waals surface area contributed by atoms with Crippen LogP contribution in [0.25, 0.3) is 0 Å². The Hall–Kier alpha value is -2.23. The fraction of sp³-hybridized carbons (Fsp3) is 0.333. The van der Waals surface area contributed by atoms with Crippen LogP contribution in [0.3, 0.4) is 0 Å². The van der Waals surface area contributed by atoms with Crippen LogP contribution in [0.15, 0.2) is 12.1 Å². The number of nitriles is 1. The molecule has 0 bridgehead atoms. The highest BCUT2D eigenvalue weighted by atomic mass is 19.4. The van der Waals surface area contributed by atoms with Gasteiger partial charge in [-0.2, -0.15) is 18.4 Å². The Kier molecular flexibility index (Phi) is 4.38. The second-order valence-electron chi connectivity index (χ2n) is 3.43. The summed E-state index contributed by atoms with van der Waals surface area (Å²) in [5, 5.41) is 8.92. The molecule has 0 radical (unpaired) electrons. The lowest BCUT2D eigenvalue weighted by Gasteiger charge is -2.13. The molecular formula is C12H10F3NO3. The molecule has 0 unspecified atom stereocenters. The van der Waals surface area contributed by atoms with Crippen molar-refractivity contribution in [3.05, 3.63) is 28.8 Å². The van der Waals surface area contributed by atoms with E-state index in [1.807, 2.05) is 0 Å². The van der Waals surface area contributed by atoms with E-state index >= 15 is 0 Å². The number of hydrogen-bond acceptors (Lipinski definition) is 4. The molecule has 0 aliphatic heterocycles. The second kappa shape index (κ2) is 5.61. The lowest BCUT2D eigenvalue weighted by Crippen LogP contribution is -2.12. The quantitative estimate of drug-likeness (QED) is 0.794. The predicted octanol–water partition coefficient (Wildman–Crippen LogP) is 2.76. The normalized spacial score (nSPS) is 10.7. The maximum atomic E-state index is 12.7. The number of esters is 1. The standard InChI is InChI=1S/C12H10F3NO3/c1-3-19-11(17)8-4-7(12(13,14)15)5-10(18-2)9(8)6-16/h4-5H,3H2,1-2H3. The van der Waals surface area contributed by atoms with Gasteiger partial charge in [-0.05, 0) is 19.1 Å². The number of alkyl halides is 3. The summed E-state index contributed by atoms with van der Waals surface area (Å²) in [5.74, 6) is -1.32. The molecular weight excluding hydrogens is 263 g/mol. The predicted molar refractivity (Wildman–Crippen MR) is 58.7 cm³/mol. The van der Waals surface area contributed by atoms with Crippen molar-refractivity contribution in [1.82, 2.24) is 0 Å². The Morgan fingerprint density at radius 1 is 1.42 bits per heavy atom. The Morgan fingerprint density at radius 3 is 2.47 bits per heavy atom. The number of halogens is 3. The second-order valence-corrected chi connectivity index (χ2v) is 3.43. The van der Waals surface area contributed by atoms with Gasteiger partial charge in [-0.1, -0.05) is 0 Å². The first kappa shape index (κ1) is 14.8. The first-order valence-corrected chi connectivity index (χ1v) is 5.21. The van der Waals surface area contributed by atoms with E-state index in [1.165, 1.54) is 6.92 Å². The first-order valence-electron chi connectivity index (χ1n) is 5.21. The number of carbonyl (C=O) groups excluding carboxylic acids is 1. The molecule has 0 N–H and O–H groups in total. The van der Waals surface area contributed by atoms with Gasteiger partial charge in [0.15, 0.2) is 0 Å². The average Bonchev–Trinajstić information content (AvgIpc) is 2.36. The van der Waals surface area contributed by atoms with Crippen LogP contribution in [0, 0.1) is 11.3 Å². The smallest absolute Gasteiger partial charge is 0.416 e. The molecule has 0 saturated carbocycles. The number of ether oxygens (including phenoxy) is 2. The van der Waals surface area contributed by atoms with Crippen molar-refractivity contribution >= 4 is 5.97 Å². The maximum Gasteiger partial charge on any atom is 0.416 e. The number of methoxy groups -OCH3 is 1. The number of hydrogen-bond donors (Lipinski definition) is 0. The number of carbonyl (C=O) groups is 1. The zero-order chi connectivity index (χ0) is 14.6. The maximum absolute atomic E-state index is 12.7. The Morgan fingerprint density at radius 2 is 2.05 bits per heavy atom. The van der Waals surface area contributed by atoms with Gasteiger partial charge >= 0.3 is 12.1 Å². The van der Waals surface area contributed by atoms with Gasteiger partial charge in [0.2, 0.25) is 0 Å². The summed E-state index contributed by atoms with van der Waals surface area (Å²) in [6.07, 6.45) is -4.65. The highest BCUT2D eigenvalue weighted by molar-refractivity contribution is 5.93. The topological polar surface area (TPSA) is 59.3 Å². The molecule has 0 heterocycles. The van der Waals surface area contributed by atoms with Crippen molar-refractivity contribution in [2.24, 2.45) is 0 Å². The van der Waals surface area contributed by atoms with Gasteiger partial charge in [-0.3, -0.25) is 0 Å². The van der Waals surface area contributed by atoms with Gasteiger partial charge in [0, 0.05) is 0 Å². The molecule has 102 valence electrons. The molecule has 0 aliphatic carbocycles. The molecule has 0 saturated heterocycles. The summed E-state index contributed by atoms with van der Waals surface area (Å²) < 4.78 is 47.4. The Balaban J connectivity index is 3.50. The molecule has 0 aliphatic rings. The molecule has 0 aromatic heterocycles. The lowest BCUT2D eigenvalue weighted by molar-refractivity contribution is -0.137. The minimum Gasteiger partial charge on any atom is -0.495 e. The third kappa shape index (κ3) is 3.16. The zero-order valence-corrected chi connectivity index (χ0v) is 10.2. The number of rotatable bonds is 3. The van der Waals surface area contributed by atoms with E-state index in [0.717, 1.165) is 7.11 Å². The summed E-state index contributed by atoms with van der Waals surface area (Å²) in [6, 6.07) is 2.89. The number of benzene rings is 1. The summed E-state index contributed by atoms with van der Waals surface area (Å²) in [6.45, 7) is 1.50. The van der Waals surface area contributed by atoms with Crippen LogP contribution in [0.4, 0.5) is 13.2 Å². The molecule has 0 fully saturated rings. The van der Waals surface area contributed by atoms with Crippen LogP contribution in [0.2, 0.25) is 0 Å². The Bertz CT molecular complexity index is 532. The molecule has 1 aromatic rings. The molecule has 19 heavy (non-hydrogen) atoms. The molecule has 1 rings (SSSR count). The van der Waals surface area contributed by atoms with Gasteiger partial charge in [-0.25, -0.2) is 4.79 Å². The Labute approximate surface area is 107 Å². The highest BCUT2D eigenvalue weighted by Gasteiger charge is 2.33. The van der Waals surface area contributed by atoms with Gasteiger partial charge < -0.3 is 9.47 Å². The lowest BCUT2D eigenvalue weighted by atomic mass is 10.0. The van der Waals surface area contributed by atoms with Gasteiger partial charge in [0.05, 0.1) is 24.8 Å². The van der Waals surface area contributed by atoms with Crippen molar-refractivity contribution < 1.29 is 27.4 Å². The molecule has 1 aromatic carbocycles. The molecule has 7 heteroatoms. The molecule has 0 amide bonds. The SMILES string of the molecule is CCOC(=O)c1cc(C(F)(F)F)cc(OC)c1C#N. The van der Waals surface area contributed by atoms with Crippen LogP contribution in [0.1, 0.15) is 28.4 Å². The van der Waals surface area contributed by atoms with Crippen molar-refractivity contribution in [2.45, 2.75) is 13.1 Å². The van der Waals surface area contributed by atoms with E-state index in [4.69, 9.17) is 10.00 Å². The third-order valence-corrected chi connectivity index (χ3v) is 2.26. The molecule has 4 nitrogen and oxygen atoms in total. The van der Waals surface area contributed by atoms with Gasteiger partial charge in [-0.15, -0.1) is 0 Å². The van der Waals surface area contributed by atoms with E-state index in [2.05, 4.69) is 4.74 Å². The van der Waals surface area contributed by atoms with E-state index in [-0.39, 0.29) is 17.9 Å². The van der Waals surface area contributed by atoms with Gasteiger partial charge in [0.1, 0.15) is 17.4 Å². The monoisotopic (exact) mass is 273 g/mol. The molecule has 0 atom stereocenters. The van der Waals surface area contributed by atoms with Crippen LogP contribution in [0.5, 0.6) is 5.75 Å². The van der Waals surface area contributed by atoms with Gasteiger partial charge in [0.25, 0.3) is 0 Å². The average molecular weight is 273 g/mol. The van der Waals surface area contributed by atoms with Crippen LogP contribution >= 0.6 is 0 Å². The minimum absolute atomic E-state index is 0.0116. The van der Waals surface area contributed by atoms with Crippen molar-refractivity contribution in [1.29, 1.82) is 5.26 Å². The van der Waals surface area contributed by atoms with Crippen molar-refractivity contribution in [3.63, 3.8) is 0 Å². The summed E-state index contributed by atoms with van der Waals surface area (Å²) in [5.41, 5.74) is -1.82. The summed E-state index contributed by atoms with van der Waals surface area (Å²) in [4.78, 5) is 11.6. The summed E-state index contributed by atoms with van der Waals surface area (Å²) in [7, 11) is 1.12. The zero-order valence-electron chi connectivity index (χ0n) is 10.2. The fourth-order valence-corrected chi connectivity index (χ4v) is 1.43. The third-order valence-electron chi connectivity index (χ3n) is 2.26. The number of nitrogens with zero attached hydrogens (tertiary/aromatic N) is 1. The van der Waals surface area contributed by atoms with E-state index < -0.39 is 23.3 Å². The van der Waals surface area contributed by atoms with Crippen LogP contribution in [-0.2, 0) is 10.9 Å². The minimum atomic E-state index is -4.65. The fourth-order valence-electron chi connectivity index (χ4n) is 1.43. The van der Waals surface area contributed by atoms with Crippen molar-refractivity contribution in [2.75, 3.05) is 13.7 Å².